The second kappa shape index (κ2) is 6.27. The topological polar surface area (TPSA) is 53.3 Å². The largest absolute Gasteiger partial charge is 0.495 e. The van der Waals surface area contributed by atoms with E-state index < -0.39 is 5.92 Å². The highest BCUT2D eigenvalue weighted by Crippen LogP contribution is 2.29. The van der Waals surface area contributed by atoms with Crippen molar-refractivity contribution in [2.24, 2.45) is 5.92 Å². The summed E-state index contributed by atoms with van der Waals surface area (Å²) in [7, 11) is 3.15. The minimum absolute atomic E-state index is 0.235. The van der Waals surface area contributed by atoms with Gasteiger partial charge in [0.15, 0.2) is 0 Å². The zero-order chi connectivity index (χ0) is 13.7. The molecular weight excluding hydrogens is 252 g/mol. The molecule has 0 aliphatic carbocycles. The minimum Gasteiger partial charge on any atom is -0.495 e. The van der Waals surface area contributed by atoms with E-state index >= 15 is 0 Å². The number of rotatable bonds is 4. The molecular formula is C13H15ClN2O2. The molecule has 18 heavy (non-hydrogen) atoms. The number of amides is 1. The normalized spacial score (nSPS) is 11.5. The molecule has 0 bridgehead atoms. The van der Waals surface area contributed by atoms with E-state index in [1.165, 1.54) is 12.0 Å². The Hall–Kier alpha value is -1.73. The van der Waals surface area contributed by atoms with Crippen LogP contribution in [0.3, 0.4) is 0 Å². The summed E-state index contributed by atoms with van der Waals surface area (Å²) in [5.74, 6) is -0.314. The predicted octanol–water partition coefficient (Wildman–Crippen LogP) is 2.86. The fourth-order valence-electron chi connectivity index (χ4n) is 1.55. The van der Waals surface area contributed by atoms with E-state index in [4.69, 9.17) is 21.6 Å². The Morgan fingerprint density at radius 1 is 1.61 bits per heavy atom. The summed E-state index contributed by atoms with van der Waals surface area (Å²) in [5.41, 5.74) is 0.638. The standard InChI is InChI=1S/C13H15ClN2O2/c1-4-9(8-15)13(17)16(2)10-5-6-12(18-3)11(14)7-10/h5-7,9H,4H2,1-3H3. The van der Waals surface area contributed by atoms with Gasteiger partial charge in [0.2, 0.25) is 5.91 Å². The highest BCUT2D eigenvalue weighted by Gasteiger charge is 2.21. The van der Waals surface area contributed by atoms with Crippen LogP contribution >= 0.6 is 11.6 Å². The van der Waals surface area contributed by atoms with Gasteiger partial charge in [-0.1, -0.05) is 18.5 Å². The number of nitriles is 1. The molecule has 0 fully saturated rings. The van der Waals surface area contributed by atoms with Gasteiger partial charge in [0.25, 0.3) is 0 Å². The molecule has 0 aliphatic rings. The number of halogens is 1. The van der Waals surface area contributed by atoms with Crippen molar-refractivity contribution in [1.82, 2.24) is 0 Å². The van der Waals surface area contributed by atoms with Crippen LogP contribution in [0.2, 0.25) is 5.02 Å². The predicted molar refractivity (Wildman–Crippen MR) is 70.8 cm³/mol. The Balaban J connectivity index is 2.97. The van der Waals surface area contributed by atoms with Crippen LogP contribution in [0, 0.1) is 17.2 Å². The monoisotopic (exact) mass is 266 g/mol. The van der Waals surface area contributed by atoms with E-state index in [0.29, 0.717) is 22.9 Å². The number of benzene rings is 1. The maximum Gasteiger partial charge on any atom is 0.244 e. The molecule has 0 aliphatic heterocycles. The molecule has 0 saturated heterocycles. The van der Waals surface area contributed by atoms with E-state index in [1.807, 2.05) is 6.07 Å². The van der Waals surface area contributed by atoms with E-state index in [1.54, 1.807) is 32.2 Å². The van der Waals surface area contributed by atoms with Gasteiger partial charge in [0.05, 0.1) is 18.2 Å². The number of nitrogens with zero attached hydrogens (tertiary/aromatic N) is 2. The summed E-state index contributed by atoms with van der Waals surface area (Å²) in [5, 5.41) is 9.32. The Morgan fingerprint density at radius 3 is 2.72 bits per heavy atom. The molecule has 1 atom stereocenters. The third-order valence-corrected chi connectivity index (χ3v) is 3.01. The lowest BCUT2D eigenvalue weighted by Gasteiger charge is -2.20. The van der Waals surface area contributed by atoms with Crippen LogP contribution in [0.4, 0.5) is 5.69 Å². The van der Waals surface area contributed by atoms with E-state index in [0.717, 1.165) is 0 Å². The van der Waals surface area contributed by atoms with Crippen LogP contribution in [-0.4, -0.2) is 20.1 Å². The summed E-state index contributed by atoms with van der Waals surface area (Å²) < 4.78 is 5.04. The summed E-state index contributed by atoms with van der Waals surface area (Å²) in [6.45, 7) is 1.81. The van der Waals surface area contributed by atoms with Gasteiger partial charge < -0.3 is 9.64 Å². The van der Waals surface area contributed by atoms with Crippen LogP contribution in [0.1, 0.15) is 13.3 Å². The van der Waals surface area contributed by atoms with Crippen molar-refractivity contribution in [1.29, 1.82) is 5.26 Å². The average molecular weight is 267 g/mol. The number of carbonyl (C=O) groups excluding carboxylic acids is 1. The molecule has 96 valence electrons. The Labute approximate surface area is 112 Å². The number of carbonyl (C=O) groups is 1. The van der Waals surface area contributed by atoms with Gasteiger partial charge in [-0.2, -0.15) is 5.26 Å². The summed E-state index contributed by atoms with van der Waals surface area (Å²) in [6.07, 6.45) is 0.490. The van der Waals surface area contributed by atoms with Crippen molar-refractivity contribution in [2.75, 3.05) is 19.1 Å². The van der Waals surface area contributed by atoms with Gasteiger partial charge >= 0.3 is 0 Å². The van der Waals surface area contributed by atoms with Crippen molar-refractivity contribution in [2.45, 2.75) is 13.3 Å². The van der Waals surface area contributed by atoms with Gasteiger partial charge in [-0.3, -0.25) is 4.79 Å². The van der Waals surface area contributed by atoms with Crippen LogP contribution in [0.25, 0.3) is 0 Å². The summed E-state index contributed by atoms with van der Waals surface area (Å²) >= 11 is 6.00. The van der Waals surface area contributed by atoms with Crippen LogP contribution in [0.15, 0.2) is 18.2 Å². The van der Waals surface area contributed by atoms with Crippen molar-refractivity contribution >= 4 is 23.2 Å². The van der Waals surface area contributed by atoms with Crippen molar-refractivity contribution in [3.8, 4) is 11.8 Å². The number of methoxy groups -OCH3 is 1. The number of ether oxygens (including phenoxy) is 1. The Kier molecular flexibility index (Phi) is 4.99. The molecule has 1 amide bonds. The fraction of sp³-hybridized carbons (Fsp3) is 0.385. The fourth-order valence-corrected chi connectivity index (χ4v) is 1.80. The minimum atomic E-state index is -0.629. The highest BCUT2D eigenvalue weighted by molar-refractivity contribution is 6.32. The molecule has 1 aromatic rings. The molecule has 0 N–H and O–H groups in total. The lowest BCUT2D eigenvalue weighted by atomic mass is 10.1. The van der Waals surface area contributed by atoms with Crippen molar-refractivity contribution in [3.05, 3.63) is 23.2 Å². The molecule has 5 heteroatoms. The van der Waals surface area contributed by atoms with Crippen molar-refractivity contribution in [3.63, 3.8) is 0 Å². The second-order valence-corrected chi connectivity index (χ2v) is 4.21. The maximum atomic E-state index is 12.0. The van der Waals surface area contributed by atoms with Gasteiger partial charge in [0.1, 0.15) is 11.7 Å². The van der Waals surface area contributed by atoms with Crippen LogP contribution in [0.5, 0.6) is 5.75 Å². The molecule has 1 aromatic carbocycles. The van der Waals surface area contributed by atoms with Gasteiger partial charge in [-0.25, -0.2) is 0 Å². The number of anilines is 1. The summed E-state index contributed by atoms with van der Waals surface area (Å²) in [4.78, 5) is 13.4. The third kappa shape index (κ3) is 2.93. The first kappa shape index (κ1) is 14.3. The molecule has 0 saturated carbocycles. The molecule has 0 aromatic heterocycles. The Morgan fingerprint density at radius 2 is 2.28 bits per heavy atom. The van der Waals surface area contributed by atoms with Crippen LogP contribution in [-0.2, 0) is 4.79 Å². The first-order valence-electron chi connectivity index (χ1n) is 5.55. The number of hydrogen-bond acceptors (Lipinski definition) is 3. The molecule has 0 radical (unpaired) electrons. The highest BCUT2D eigenvalue weighted by atomic mass is 35.5. The van der Waals surface area contributed by atoms with Gasteiger partial charge in [0, 0.05) is 12.7 Å². The van der Waals surface area contributed by atoms with Crippen LogP contribution < -0.4 is 9.64 Å². The molecule has 0 spiro atoms. The smallest absolute Gasteiger partial charge is 0.244 e. The number of hydrogen-bond donors (Lipinski definition) is 0. The molecule has 0 heterocycles. The zero-order valence-electron chi connectivity index (χ0n) is 10.6. The maximum absolute atomic E-state index is 12.0. The SMILES string of the molecule is CCC(C#N)C(=O)N(C)c1ccc(OC)c(Cl)c1. The zero-order valence-corrected chi connectivity index (χ0v) is 11.4. The molecule has 4 nitrogen and oxygen atoms in total. The van der Waals surface area contributed by atoms with Gasteiger partial charge in [-0.15, -0.1) is 0 Å². The third-order valence-electron chi connectivity index (χ3n) is 2.72. The summed E-state index contributed by atoms with van der Waals surface area (Å²) in [6, 6.07) is 7.05. The lowest BCUT2D eigenvalue weighted by molar-refractivity contribution is -0.120. The lowest BCUT2D eigenvalue weighted by Crippen LogP contribution is -2.31. The van der Waals surface area contributed by atoms with Crippen molar-refractivity contribution < 1.29 is 9.53 Å². The molecule has 1 unspecified atom stereocenters. The molecule has 1 rings (SSSR count). The first-order chi connectivity index (χ1) is 8.54. The Bertz CT molecular complexity index is 482. The quantitative estimate of drug-likeness (QED) is 0.842. The second-order valence-electron chi connectivity index (χ2n) is 3.81. The van der Waals surface area contributed by atoms with E-state index in [2.05, 4.69) is 0 Å². The average Bonchev–Trinajstić information content (AvgIpc) is 2.39. The first-order valence-corrected chi connectivity index (χ1v) is 5.93. The van der Waals surface area contributed by atoms with Gasteiger partial charge in [-0.05, 0) is 24.6 Å². The van der Waals surface area contributed by atoms with E-state index in [9.17, 15) is 4.79 Å². The van der Waals surface area contributed by atoms with E-state index in [-0.39, 0.29) is 5.91 Å².